The molecule has 0 rings (SSSR count). The van der Waals surface area contributed by atoms with E-state index in [1.165, 1.54) is 0 Å². The molecular formula is C18H26O13. The minimum atomic E-state index is -1.51. The molecule has 0 saturated heterocycles. The molecule has 0 aromatic carbocycles. The highest BCUT2D eigenvalue weighted by Crippen LogP contribution is 2.07. The lowest BCUT2D eigenvalue weighted by Crippen LogP contribution is -2.38. The van der Waals surface area contributed by atoms with Crippen LogP contribution in [0.1, 0.15) is 41.5 Å². The van der Waals surface area contributed by atoms with Crippen LogP contribution in [0.5, 0.6) is 0 Å². The number of aliphatic hydroxyl groups excluding tert-OH is 1. The summed E-state index contributed by atoms with van der Waals surface area (Å²) < 4.78 is 23.5. The maximum Gasteiger partial charge on any atom is 0.347 e. The molecule has 0 bridgehead atoms. The van der Waals surface area contributed by atoms with Crippen molar-refractivity contribution in [3.05, 3.63) is 0 Å². The van der Waals surface area contributed by atoms with E-state index >= 15 is 0 Å². The molecule has 0 aliphatic heterocycles. The van der Waals surface area contributed by atoms with Gasteiger partial charge in [0, 0.05) is 0 Å². The van der Waals surface area contributed by atoms with Gasteiger partial charge in [-0.1, -0.05) is 0 Å². The van der Waals surface area contributed by atoms with Gasteiger partial charge in [-0.3, -0.25) is 0 Å². The molecule has 2 N–H and O–H groups in total. The average Bonchev–Trinajstić information content (AvgIpc) is 2.66. The van der Waals surface area contributed by atoms with Gasteiger partial charge in [0.2, 0.25) is 0 Å². The van der Waals surface area contributed by atoms with E-state index in [-0.39, 0.29) is 0 Å². The molecule has 0 aromatic rings. The summed E-state index contributed by atoms with van der Waals surface area (Å²) in [4.78, 5) is 69.3. The zero-order valence-corrected chi connectivity index (χ0v) is 17.8. The van der Waals surface area contributed by atoms with Gasteiger partial charge in [0.15, 0.2) is 30.5 Å². The number of carbonyl (C=O) groups excluding carboxylic acids is 5. The number of aliphatic carboxylic acids is 1. The third kappa shape index (κ3) is 9.89. The molecule has 0 saturated carbocycles. The van der Waals surface area contributed by atoms with Crippen LogP contribution in [0.25, 0.3) is 0 Å². The fourth-order valence-corrected chi connectivity index (χ4v) is 1.60. The predicted octanol–water partition coefficient (Wildman–Crippen LogP) is -0.890. The molecule has 0 aromatic heterocycles. The standard InChI is InChI=1S/C18H26O13/c1-7(19)14(22)28-9(3)16(24)30-11(5)18(26)31-12(6)17(25)29-10(4)15(23)27-8(2)13(20)21/h7-12,19H,1-6H3,(H,20,21). The first kappa shape index (κ1) is 27.8. The Bertz CT molecular complexity index is 699. The number of carboxylic acid groups (broad SMARTS) is 1. The van der Waals surface area contributed by atoms with Crippen molar-refractivity contribution in [1.29, 1.82) is 0 Å². The van der Waals surface area contributed by atoms with E-state index in [9.17, 15) is 28.8 Å². The number of hydrogen-bond acceptors (Lipinski definition) is 12. The molecule has 0 heterocycles. The summed E-state index contributed by atoms with van der Waals surface area (Å²) in [5.74, 6) is -6.96. The molecule has 0 aliphatic rings. The third-order valence-corrected chi connectivity index (χ3v) is 3.48. The van der Waals surface area contributed by atoms with Crippen LogP contribution in [0, 0.1) is 0 Å². The lowest BCUT2D eigenvalue weighted by atomic mass is 10.3. The first-order valence-corrected chi connectivity index (χ1v) is 9.10. The second kappa shape index (κ2) is 12.5. The van der Waals surface area contributed by atoms with E-state index in [0.717, 1.165) is 41.5 Å². The molecule has 0 spiro atoms. The van der Waals surface area contributed by atoms with E-state index in [1.54, 1.807) is 0 Å². The number of rotatable bonds is 11. The molecule has 0 fully saturated rings. The summed E-state index contributed by atoms with van der Waals surface area (Å²) in [6, 6.07) is 0. The maximum absolute atomic E-state index is 12.0. The first-order valence-electron chi connectivity index (χ1n) is 9.10. The van der Waals surface area contributed by atoms with Crippen molar-refractivity contribution >= 4 is 35.8 Å². The topological polar surface area (TPSA) is 189 Å². The van der Waals surface area contributed by atoms with Crippen molar-refractivity contribution in [2.75, 3.05) is 0 Å². The summed E-state index contributed by atoms with van der Waals surface area (Å²) in [6.07, 6.45) is -8.81. The zero-order valence-electron chi connectivity index (χ0n) is 17.8. The lowest BCUT2D eigenvalue weighted by Gasteiger charge is -2.20. The van der Waals surface area contributed by atoms with Crippen LogP contribution < -0.4 is 0 Å². The highest BCUT2D eigenvalue weighted by atomic mass is 16.6. The Kier molecular flexibility index (Phi) is 11.2. The van der Waals surface area contributed by atoms with E-state index in [0.29, 0.717) is 0 Å². The minimum absolute atomic E-state index is 1.07. The van der Waals surface area contributed by atoms with Gasteiger partial charge in [-0.2, -0.15) is 0 Å². The van der Waals surface area contributed by atoms with Crippen molar-refractivity contribution in [1.82, 2.24) is 0 Å². The zero-order chi connectivity index (χ0) is 24.5. The van der Waals surface area contributed by atoms with Gasteiger partial charge in [0.05, 0.1) is 0 Å². The first-order chi connectivity index (χ1) is 14.2. The van der Waals surface area contributed by atoms with Gasteiger partial charge in [-0.15, -0.1) is 0 Å². The summed E-state index contributed by atoms with van der Waals surface area (Å²) in [5, 5.41) is 17.7. The van der Waals surface area contributed by atoms with Gasteiger partial charge in [-0.25, -0.2) is 28.8 Å². The Morgan fingerprint density at radius 3 is 0.935 bits per heavy atom. The van der Waals surface area contributed by atoms with Gasteiger partial charge in [-0.05, 0) is 41.5 Å². The SMILES string of the molecule is CC(O)C(=O)OC(C)C(=O)OC(C)C(=O)OC(C)C(=O)OC(C)C(=O)OC(C)C(=O)O. The number of ether oxygens (including phenoxy) is 5. The fraction of sp³-hybridized carbons (Fsp3) is 0.667. The van der Waals surface area contributed by atoms with E-state index in [4.69, 9.17) is 24.4 Å². The Morgan fingerprint density at radius 2 is 0.710 bits per heavy atom. The molecule has 13 heteroatoms. The molecule has 0 aliphatic carbocycles. The number of hydrogen-bond donors (Lipinski definition) is 2. The van der Waals surface area contributed by atoms with Crippen LogP contribution >= 0.6 is 0 Å². The highest BCUT2D eigenvalue weighted by Gasteiger charge is 2.31. The average molecular weight is 450 g/mol. The predicted molar refractivity (Wildman–Crippen MR) is 97.1 cm³/mol. The van der Waals surface area contributed by atoms with Crippen molar-refractivity contribution in [2.24, 2.45) is 0 Å². The summed E-state index contributed by atoms with van der Waals surface area (Å²) in [7, 11) is 0. The van der Waals surface area contributed by atoms with Crippen LogP contribution in [0.2, 0.25) is 0 Å². The fourth-order valence-electron chi connectivity index (χ4n) is 1.60. The van der Waals surface area contributed by atoms with Gasteiger partial charge in [0.25, 0.3) is 0 Å². The number of aliphatic hydroxyl groups is 1. The smallest absolute Gasteiger partial charge is 0.347 e. The molecule has 6 atom stereocenters. The quantitative estimate of drug-likeness (QED) is 0.291. The second-order valence-electron chi connectivity index (χ2n) is 6.41. The van der Waals surface area contributed by atoms with E-state index in [2.05, 4.69) is 9.47 Å². The summed E-state index contributed by atoms with van der Waals surface area (Å²) >= 11 is 0. The molecule has 0 amide bonds. The van der Waals surface area contributed by atoms with Crippen LogP contribution in [0.4, 0.5) is 0 Å². The van der Waals surface area contributed by atoms with Crippen molar-refractivity contribution in [3.63, 3.8) is 0 Å². The largest absolute Gasteiger partial charge is 0.479 e. The van der Waals surface area contributed by atoms with Crippen LogP contribution in [0.15, 0.2) is 0 Å². The maximum atomic E-state index is 12.0. The Morgan fingerprint density at radius 1 is 0.484 bits per heavy atom. The number of carboxylic acids is 1. The Balaban J connectivity index is 4.63. The van der Waals surface area contributed by atoms with Crippen LogP contribution in [-0.4, -0.2) is 82.7 Å². The number of esters is 5. The second-order valence-corrected chi connectivity index (χ2v) is 6.41. The lowest BCUT2D eigenvalue weighted by molar-refractivity contribution is -0.187. The van der Waals surface area contributed by atoms with Crippen molar-refractivity contribution in [2.45, 2.75) is 78.2 Å². The molecule has 6 unspecified atom stereocenters. The summed E-state index contributed by atoms with van der Waals surface area (Å²) in [5.41, 5.74) is 0. The monoisotopic (exact) mass is 450 g/mol. The highest BCUT2D eigenvalue weighted by molar-refractivity contribution is 5.86. The van der Waals surface area contributed by atoms with E-state index < -0.39 is 72.4 Å². The van der Waals surface area contributed by atoms with Gasteiger partial charge < -0.3 is 33.9 Å². The van der Waals surface area contributed by atoms with Crippen molar-refractivity contribution < 1.29 is 62.7 Å². The summed E-state index contributed by atoms with van der Waals surface area (Å²) in [6.45, 7) is 6.78. The van der Waals surface area contributed by atoms with Crippen LogP contribution in [0.3, 0.4) is 0 Å². The van der Waals surface area contributed by atoms with Gasteiger partial charge in [0.1, 0.15) is 6.10 Å². The Labute approximate surface area is 177 Å². The van der Waals surface area contributed by atoms with E-state index in [1.807, 2.05) is 0 Å². The van der Waals surface area contributed by atoms with Crippen molar-refractivity contribution in [3.8, 4) is 0 Å². The van der Waals surface area contributed by atoms with Crippen LogP contribution in [-0.2, 0) is 52.5 Å². The minimum Gasteiger partial charge on any atom is -0.479 e. The van der Waals surface area contributed by atoms with Gasteiger partial charge >= 0.3 is 35.8 Å². The molecule has 31 heavy (non-hydrogen) atoms. The molecule has 13 nitrogen and oxygen atoms in total. The molecular weight excluding hydrogens is 424 g/mol. The third-order valence-electron chi connectivity index (χ3n) is 3.48. The molecule has 176 valence electrons. The molecule has 0 radical (unpaired) electrons. The Hall–Kier alpha value is -3.22. The number of carbonyl (C=O) groups is 6. The normalized spacial score (nSPS) is 16.4.